The number of ether oxygens (including phenoxy) is 1. The first-order valence-electron chi connectivity index (χ1n) is 8.41. The molecule has 0 bridgehead atoms. The molecule has 0 fully saturated rings. The van der Waals surface area contributed by atoms with Crippen LogP contribution in [0, 0.1) is 18.6 Å². The van der Waals surface area contributed by atoms with E-state index < -0.39 is 23.5 Å². The Labute approximate surface area is 159 Å². The molecule has 144 valence electrons. The summed E-state index contributed by atoms with van der Waals surface area (Å²) in [5.41, 5.74) is 0.498. The van der Waals surface area contributed by atoms with Crippen LogP contribution in [0.3, 0.4) is 0 Å². The molecule has 1 amide bonds. The van der Waals surface area contributed by atoms with Gasteiger partial charge in [-0.1, -0.05) is 11.2 Å². The number of aromatic nitrogens is 1. The van der Waals surface area contributed by atoms with E-state index in [-0.39, 0.29) is 34.8 Å². The minimum absolute atomic E-state index is 0.00652. The Bertz CT molecular complexity index is 1050. The molecule has 1 N–H and O–H groups in total. The second-order valence-corrected chi connectivity index (χ2v) is 5.84. The van der Waals surface area contributed by atoms with Crippen molar-refractivity contribution in [3.8, 4) is 11.3 Å². The molecule has 0 aliphatic rings. The van der Waals surface area contributed by atoms with Crippen LogP contribution in [-0.4, -0.2) is 23.6 Å². The van der Waals surface area contributed by atoms with Crippen molar-refractivity contribution in [1.82, 2.24) is 5.16 Å². The summed E-state index contributed by atoms with van der Waals surface area (Å²) < 4.78 is 37.3. The van der Waals surface area contributed by atoms with Crippen molar-refractivity contribution in [2.45, 2.75) is 13.8 Å². The van der Waals surface area contributed by atoms with Gasteiger partial charge in [0.05, 0.1) is 12.2 Å². The normalized spacial score (nSPS) is 10.6. The van der Waals surface area contributed by atoms with Gasteiger partial charge in [-0.3, -0.25) is 4.79 Å². The number of nitrogens with one attached hydrogen (secondary N) is 1. The maximum absolute atomic E-state index is 14.1. The second-order valence-electron chi connectivity index (χ2n) is 5.84. The van der Waals surface area contributed by atoms with Crippen LogP contribution in [0.15, 0.2) is 47.0 Å². The van der Waals surface area contributed by atoms with Gasteiger partial charge in [-0.15, -0.1) is 0 Å². The number of hydrogen-bond acceptors (Lipinski definition) is 5. The largest absolute Gasteiger partial charge is 0.462 e. The molecule has 8 heteroatoms. The average molecular weight is 386 g/mol. The third-order valence-corrected chi connectivity index (χ3v) is 3.91. The van der Waals surface area contributed by atoms with Crippen molar-refractivity contribution in [2.75, 3.05) is 11.9 Å². The zero-order chi connectivity index (χ0) is 20.3. The molecule has 0 saturated carbocycles. The minimum Gasteiger partial charge on any atom is -0.462 e. The number of amides is 1. The molecule has 1 heterocycles. The lowest BCUT2D eigenvalue weighted by atomic mass is 10.0. The Morgan fingerprint density at radius 2 is 1.96 bits per heavy atom. The summed E-state index contributed by atoms with van der Waals surface area (Å²) in [4.78, 5) is 24.6. The number of benzene rings is 2. The zero-order valence-corrected chi connectivity index (χ0v) is 15.1. The summed E-state index contributed by atoms with van der Waals surface area (Å²) in [6, 6.07) is 9.12. The molecule has 0 spiro atoms. The molecule has 0 radical (unpaired) electrons. The predicted molar refractivity (Wildman–Crippen MR) is 96.9 cm³/mol. The van der Waals surface area contributed by atoms with Crippen molar-refractivity contribution in [2.24, 2.45) is 0 Å². The second kappa shape index (κ2) is 7.99. The summed E-state index contributed by atoms with van der Waals surface area (Å²) in [5, 5.41) is 6.36. The number of esters is 1. The molecular formula is C20H16F2N2O4. The fourth-order valence-electron chi connectivity index (χ4n) is 2.64. The third kappa shape index (κ3) is 3.90. The first-order valence-corrected chi connectivity index (χ1v) is 8.41. The molecule has 0 unspecified atom stereocenters. The summed E-state index contributed by atoms with van der Waals surface area (Å²) in [7, 11) is 0. The molecule has 0 saturated heterocycles. The van der Waals surface area contributed by atoms with Crippen LogP contribution in [0.4, 0.5) is 14.5 Å². The van der Waals surface area contributed by atoms with E-state index in [1.54, 1.807) is 25.1 Å². The highest BCUT2D eigenvalue weighted by Gasteiger charge is 2.24. The van der Waals surface area contributed by atoms with Crippen molar-refractivity contribution in [3.05, 3.63) is 71.0 Å². The number of rotatable bonds is 5. The third-order valence-electron chi connectivity index (χ3n) is 3.91. The molecular weight excluding hydrogens is 370 g/mol. The van der Waals surface area contributed by atoms with Gasteiger partial charge in [0.2, 0.25) is 0 Å². The number of aryl methyl sites for hydroxylation is 1. The molecule has 28 heavy (non-hydrogen) atoms. The van der Waals surface area contributed by atoms with Crippen molar-refractivity contribution in [1.29, 1.82) is 0 Å². The summed E-state index contributed by atoms with van der Waals surface area (Å²) >= 11 is 0. The average Bonchev–Trinajstić information content (AvgIpc) is 3.03. The van der Waals surface area contributed by atoms with E-state index in [0.717, 1.165) is 6.07 Å². The van der Waals surface area contributed by atoms with Gasteiger partial charge in [-0.2, -0.15) is 0 Å². The molecule has 0 aliphatic carbocycles. The Kier molecular flexibility index (Phi) is 5.49. The first kappa shape index (κ1) is 19.2. The van der Waals surface area contributed by atoms with E-state index in [9.17, 15) is 18.4 Å². The molecule has 6 nitrogen and oxygen atoms in total. The van der Waals surface area contributed by atoms with Gasteiger partial charge < -0.3 is 14.6 Å². The topological polar surface area (TPSA) is 81.4 Å². The smallest absolute Gasteiger partial charge is 0.338 e. The van der Waals surface area contributed by atoms with Gasteiger partial charge in [0.1, 0.15) is 28.7 Å². The number of hydrogen-bond donors (Lipinski definition) is 1. The lowest BCUT2D eigenvalue weighted by Gasteiger charge is -2.08. The van der Waals surface area contributed by atoms with E-state index in [1.165, 1.54) is 19.1 Å². The maximum Gasteiger partial charge on any atom is 0.338 e. The van der Waals surface area contributed by atoms with Crippen LogP contribution in [0.5, 0.6) is 0 Å². The van der Waals surface area contributed by atoms with E-state index in [2.05, 4.69) is 10.5 Å². The van der Waals surface area contributed by atoms with Gasteiger partial charge >= 0.3 is 5.97 Å². The molecule has 3 rings (SSSR count). The van der Waals surface area contributed by atoms with Gasteiger partial charge in [-0.25, -0.2) is 13.6 Å². The number of carbonyl (C=O) groups is 2. The highest BCUT2D eigenvalue weighted by Crippen LogP contribution is 2.28. The van der Waals surface area contributed by atoms with Crippen molar-refractivity contribution < 1.29 is 27.6 Å². The van der Waals surface area contributed by atoms with Gasteiger partial charge in [0.25, 0.3) is 5.91 Å². The SMILES string of the molecule is CCOC(=O)c1cccc(NC(=O)c2c(-c3ccc(F)cc3F)noc2C)c1. The fourth-order valence-corrected chi connectivity index (χ4v) is 2.64. The number of anilines is 1. The Morgan fingerprint density at radius 3 is 2.68 bits per heavy atom. The number of halogens is 2. The maximum atomic E-state index is 14.1. The number of nitrogens with zero attached hydrogens (tertiary/aromatic N) is 1. The van der Waals surface area contributed by atoms with Gasteiger partial charge in [-0.05, 0) is 44.2 Å². The van der Waals surface area contributed by atoms with E-state index >= 15 is 0 Å². The predicted octanol–water partition coefficient (Wildman–Crippen LogP) is 4.36. The monoisotopic (exact) mass is 386 g/mol. The van der Waals surface area contributed by atoms with Crippen LogP contribution in [0.1, 0.15) is 33.4 Å². The first-order chi connectivity index (χ1) is 13.4. The quantitative estimate of drug-likeness (QED) is 0.659. The Hall–Kier alpha value is -3.55. The Morgan fingerprint density at radius 1 is 1.18 bits per heavy atom. The van der Waals surface area contributed by atoms with Crippen LogP contribution in [0.25, 0.3) is 11.3 Å². The summed E-state index contributed by atoms with van der Waals surface area (Å²) in [5.74, 6) is -2.58. The Balaban J connectivity index is 1.91. The van der Waals surface area contributed by atoms with E-state index in [0.29, 0.717) is 11.8 Å². The minimum atomic E-state index is -0.869. The highest BCUT2D eigenvalue weighted by atomic mass is 19.1. The standard InChI is InChI=1S/C20H16F2N2O4/c1-3-27-20(26)12-5-4-6-14(9-12)23-19(25)17-11(2)28-24-18(17)15-8-7-13(21)10-16(15)22/h4-10H,3H2,1-2H3,(H,23,25). The van der Waals surface area contributed by atoms with Gasteiger partial charge in [0.15, 0.2) is 0 Å². The lowest BCUT2D eigenvalue weighted by Crippen LogP contribution is -2.14. The summed E-state index contributed by atoms with van der Waals surface area (Å²) in [6.07, 6.45) is 0. The number of carbonyl (C=O) groups excluding carboxylic acids is 2. The molecule has 3 aromatic rings. The van der Waals surface area contributed by atoms with E-state index in [1.807, 2.05) is 0 Å². The summed E-state index contributed by atoms with van der Waals surface area (Å²) in [6.45, 7) is 3.41. The fraction of sp³-hybridized carbons (Fsp3) is 0.150. The van der Waals surface area contributed by atoms with Crippen molar-refractivity contribution >= 4 is 17.6 Å². The molecule has 0 atom stereocenters. The zero-order valence-electron chi connectivity index (χ0n) is 15.1. The lowest BCUT2D eigenvalue weighted by molar-refractivity contribution is 0.0526. The van der Waals surface area contributed by atoms with E-state index in [4.69, 9.17) is 9.26 Å². The van der Waals surface area contributed by atoms with Gasteiger partial charge in [0, 0.05) is 17.3 Å². The molecule has 0 aliphatic heterocycles. The van der Waals surface area contributed by atoms with Crippen molar-refractivity contribution in [3.63, 3.8) is 0 Å². The highest BCUT2D eigenvalue weighted by molar-refractivity contribution is 6.09. The molecule has 2 aromatic carbocycles. The van der Waals surface area contributed by atoms with Crippen LogP contribution in [0.2, 0.25) is 0 Å². The van der Waals surface area contributed by atoms with Crippen LogP contribution < -0.4 is 5.32 Å². The molecule has 1 aromatic heterocycles. The van der Waals surface area contributed by atoms with Crippen LogP contribution in [-0.2, 0) is 4.74 Å². The van der Waals surface area contributed by atoms with Crippen LogP contribution >= 0.6 is 0 Å².